The van der Waals surface area contributed by atoms with Crippen LogP contribution < -0.4 is 5.73 Å². The molecular weight excluding hydrogens is 332 g/mol. The molecule has 2 N–H and O–H groups in total. The van der Waals surface area contributed by atoms with Crippen molar-refractivity contribution in [3.05, 3.63) is 47.4 Å². The van der Waals surface area contributed by atoms with Crippen molar-refractivity contribution < 1.29 is 0 Å². The summed E-state index contributed by atoms with van der Waals surface area (Å²) in [5, 5.41) is 10.6. The van der Waals surface area contributed by atoms with Gasteiger partial charge in [-0.05, 0) is 44.0 Å². The maximum Gasteiger partial charge on any atom is 0.0994 e. The number of rotatable bonds is 7. The van der Waals surface area contributed by atoms with Crippen LogP contribution in [0.4, 0.5) is 5.69 Å². The summed E-state index contributed by atoms with van der Waals surface area (Å²) in [5.41, 5.74) is 12.9. The minimum absolute atomic E-state index is 0.653. The zero-order chi connectivity index (χ0) is 19.4. The van der Waals surface area contributed by atoms with Gasteiger partial charge in [-0.25, -0.2) is 0 Å². The van der Waals surface area contributed by atoms with E-state index in [1.54, 1.807) is 6.20 Å². The molecule has 27 heavy (non-hydrogen) atoms. The highest BCUT2D eigenvalue weighted by Crippen LogP contribution is 2.36. The molecule has 0 saturated carbocycles. The molecule has 0 fully saturated rings. The first kappa shape index (κ1) is 19.0. The van der Waals surface area contributed by atoms with Gasteiger partial charge >= 0.3 is 0 Å². The third-order valence-corrected chi connectivity index (χ3v) is 5.32. The number of unbranched alkanes of at least 4 members (excludes halogenated alkanes) is 4. The summed E-state index contributed by atoms with van der Waals surface area (Å²) in [7, 11) is 0. The zero-order valence-electron chi connectivity index (χ0n) is 16.5. The minimum atomic E-state index is 0.653. The van der Waals surface area contributed by atoms with E-state index < -0.39 is 0 Å². The minimum Gasteiger partial charge on any atom is -0.397 e. The van der Waals surface area contributed by atoms with Gasteiger partial charge in [0.05, 0.1) is 17.3 Å². The van der Waals surface area contributed by atoms with Gasteiger partial charge in [-0.15, -0.1) is 0 Å². The normalized spacial score (nSPS) is 11.0. The molecule has 0 spiro atoms. The molecule has 2 aromatic heterocycles. The van der Waals surface area contributed by atoms with E-state index >= 15 is 0 Å². The summed E-state index contributed by atoms with van der Waals surface area (Å²) in [5.74, 6) is 0. The van der Waals surface area contributed by atoms with Gasteiger partial charge in [0.25, 0.3) is 0 Å². The number of hydrogen-bond donors (Lipinski definition) is 1. The second-order valence-corrected chi connectivity index (χ2v) is 7.33. The van der Waals surface area contributed by atoms with Gasteiger partial charge in [-0.3, -0.25) is 4.98 Å². The number of anilines is 1. The van der Waals surface area contributed by atoms with Gasteiger partial charge in [-0.2, -0.15) is 5.26 Å². The van der Waals surface area contributed by atoms with E-state index in [1.807, 2.05) is 25.3 Å². The van der Waals surface area contributed by atoms with Crippen molar-refractivity contribution in [1.82, 2.24) is 9.55 Å². The predicted molar refractivity (Wildman–Crippen MR) is 113 cm³/mol. The monoisotopic (exact) mass is 360 g/mol. The first-order valence-electron chi connectivity index (χ1n) is 9.81. The molecule has 0 bridgehead atoms. The fourth-order valence-corrected chi connectivity index (χ4v) is 3.87. The lowest BCUT2D eigenvalue weighted by molar-refractivity contribution is 0.572. The molecule has 0 radical (unpaired) electrons. The Balaban J connectivity index is 2.11. The molecule has 0 amide bonds. The van der Waals surface area contributed by atoms with Crippen molar-refractivity contribution in [3.8, 4) is 17.2 Å². The second kappa shape index (κ2) is 8.26. The van der Waals surface area contributed by atoms with E-state index in [0.717, 1.165) is 40.6 Å². The molecule has 4 nitrogen and oxygen atoms in total. The first-order chi connectivity index (χ1) is 13.1. The lowest BCUT2D eigenvalue weighted by Crippen LogP contribution is -2.01. The van der Waals surface area contributed by atoms with Crippen LogP contribution in [-0.4, -0.2) is 9.55 Å². The Bertz CT molecular complexity index is 992. The van der Waals surface area contributed by atoms with Crippen molar-refractivity contribution in [2.24, 2.45) is 0 Å². The first-order valence-corrected chi connectivity index (χ1v) is 9.81. The van der Waals surface area contributed by atoms with E-state index in [9.17, 15) is 5.26 Å². The Morgan fingerprint density at radius 3 is 2.56 bits per heavy atom. The summed E-state index contributed by atoms with van der Waals surface area (Å²) in [6.45, 7) is 7.40. The number of benzene rings is 1. The number of nitrogens with zero attached hydrogens (tertiary/aromatic N) is 3. The van der Waals surface area contributed by atoms with Crippen LogP contribution in [0.5, 0.6) is 0 Å². The Morgan fingerprint density at radius 1 is 1.07 bits per heavy atom. The van der Waals surface area contributed by atoms with Crippen LogP contribution in [0.15, 0.2) is 30.6 Å². The third kappa shape index (κ3) is 3.83. The van der Waals surface area contributed by atoms with E-state index in [4.69, 9.17) is 5.73 Å². The Hall–Kier alpha value is -2.80. The lowest BCUT2D eigenvalue weighted by Gasteiger charge is -2.09. The van der Waals surface area contributed by atoms with E-state index in [2.05, 4.69) is 35.5 Å². The van der Waals surface area contributed by atoms with Gasteiger partial charge in [0.1, 0.15) is 0 Å². The van der Waals surface area contributed by atoms with Crippen LogP contribution in [0.2, 0.25) is 0 Å². The largest absolute Gasteiger partial charge is 0.397 e. The fraction of sp³-hybridized carbons (Fsp3) is 0.391. The topological polar surface area (TPSA) is 67.6 Å². The highest BCUT2D eigenvalue weighted by Gasteiger charge is 2.17. The number of pyridine rings is 1. The van der Waals surface area contributed by atoms with Gasteiger partial charge in [0.2, 0.25) is 0 Å². The maximum atomic E-state index is 9.49. The molecule has 2 heterocycles. The number of hydrogen-bond acceptors (Lipinski definition) is 3. The number of nitrogen functional groups attached to an aromatic ring is 1. The van der Waals surface area contributed by atoms with Crippen molar-refractivity contribution >= 4 is 16.6 Å². The van der Waals surface area contributed by atoms with E-state index in [-0.39, 0.29) is 0 Å². The molecule has 3 aromatic rings. The van der Waals surface area contributed by atoms with Gasteiger partial charge in [-0.1, -0.05) is 32.6 Å². The van der Waals surface area contributed by atoms with Crippen LogP contribution >= 0.6 is 0 Å². The molecule has 0 aliphatic heterocycles. The van der Waals surface area contributed by atoms with Crippen molar-refractivity contribution in [1.29, 1.82) is 5.26 Å². The Labute approximate surface area is 161 Å². The number of nitrogens with two attached hydrogens (primary N) is 1. The average Bonchev–Trinajstić information content (AvgIpc) is 2.91. The SMILES string of the molecule is CCCCCCCn1c(C)c(-c2cncc(N)c2)c2cc(C#N)c(C)cc21. The van der Waals surface area contributed by atoms with Crippen molar-refractivity contribution in [2.75, 3.05) is 5.73 Å². The molecule has 4 heteroatoms. The summed E-state index contributed by atoms with van der Waals surface area (Å²) in [6, 6.07) is 8.45. The standard InChI is InChI=1S/C23H28N4/c1-4-5-6-7-8-9-27-17(3)23(19-11-20(25)15-26-14-19)21-12-18(13-24)16(2)10-22(21)27/h10-12,14-15H,4-9,25H2,1-3H3. The molecule has 0 aliphatic rings. The average molecular weight is 361 g/mol. The van der Waals surface area contributed by atoms with Crippen LogP contribution in [0, 0.1) is 25.2 Å². The summed E-state index contributed by atoms with van der Waals surface area (Å²) >= 11 is 0. The summed E-state index contributed by atoms with van der Waals surface area (Å²) < 4.78 is 2.40. The van der Waals surface area contributed by atoms with E-state index in [1.165, 1.54) is 36.9 Å². The number of fused-ring (bicyclic) bond motifs is 1. The van der Waals surface area contributed by atoms with Crippen molar-refractivity contribution in [2.45, 2.75) is 59.4 Å². The number of aryl methyl sites for hydroxylation is 2. The highest BCUT2D eigenvalue weighted by atomic mass is 15.0. The molecular formula is C23H28N4. The smallest absolute Gasteiger partial charge is 0.0994 e. The van der Waals surface area contributed by atoms with Gasteiger partial charge in [0, 0.05) is 46.7 Å². The number of aromatic nitrogens is 2. The van der Waals surface area contributed by atoms with Crippen LogP contribution in [-0.2, 0) is 6.54 Å². The third-order valence-electron chi connectivity index (χ3n) is 5.32. The fourth-order valence-electron chi connectivity index (χ4n) is 3.87. The van der Waals surface area contributed by atoms with Gasteiger partial charge < -0.3 is 10.3 Å². The van der Waals surface area contributed by atoms with Crippen molar-refractivity contribution in [3.63, 3.8) is 0 Å². The van der Waals surface area contributed by atoms with Gasteiger partial charge in [0.15, 0.2) is 0 Å². The predicted octanol–water partition coefficient (Wildman–Crippen LogP) is 5.74. The molecule has 0 saturated heterocycles. The Morgan fingerprint density at radius 2 is 1.85 bits per heavy atom. The highest BCUT2D eigenvalue weighted by molar-refractivity contribution is 5.99. The zero-order valence-corrected chi connectivity index (χ0v) is 16.5. The summed E-state index contributed by atoms with van der Waals surface area (Å²) in [4.78, 5) is 4.27. The Kier molecular flexibility index (Phi) is 5.81. The quantitative estimate of drug-likeness (QED) is 0.546. The van der Waals surface area contributed by atoms with E-state index in [0.29, 0.717) is 5.69 Å². The second-order valence-electron chi connectivity index (χ2n) is 7.33. The van der Waals surface area contributed by atoms with Crippen LogP contribution in [0.1, 0.15) is 55.8 Å². The molecule has 3 rings (SSSR count). The molecule has 0 aliphatic carbocycles. The summed E-state index contributed by atoms with van der Waals surface area (Å²) in [6.07, 6.45) is 9.78. The van der Waals surface area contributed by atoms with Crippen LogP contribution in [0.25, 0.3) is 22.0 Å². The lowest BCUT2D eigenvalue weighted by atomic mass is 10.00. The maximum absolute atomic E-state index is 9.49. The molecule has 1 aromatic carbocycles. The van der Waals surface area contributed by atoms with Crippen LogP contribution in [0.3, 0.4) is 0 Å². The number of nitriles is 1. The molecule has 0 atom stereocenters. The molecule has 0 unspecified atom stereocenters. The molecule has 140 valence electrons.